The number of nitrogens with two attached hydrogens (primary N) is 1. The van der Waals surface area contributed by atoms with Gasteiger partial charge < -0.3 is 15.8 Å². The molecule has 2 aromatic rings. The summed E-state index contributed by atoms with van der Waals surface area (Å²) in [6, 6.07) is 5.11. The highest BCUT2D eigenvalue weighted by molar-refractivity contribution is 8.01. The van der Waals surface area contributed by atoms with E-state index >= 15 is 0 Å². The monoisotopic (exact) mass is 324 g/mol. The zero-order valence-corrected chi connectivity index (χ0v) is 13.4. The van der Waals surface area contributed by atoms with Crippen LogP contribution in [0.2, 0.25) is 0 Å². The third-order valence-corrected chi connectivity index (χ3v) is 4.46. The Morgan fingerprint density at radius 1 is 1.52 bits per heavy atom. The van der Waals surface area contributed by atoms with Crippen LogP contribution in [0.1, 0.15) is 12.7 Å². The van der Waals surface area contributed by atoms with Crippen molar-refractivity contribution in [1.82, 2.24) is 9.36 Å². The van der Waals surface area contributed by atoms with E-state index in [1.807, 2.05) is 6.92 Å². The van der Waals surface area contributed by atoms with E-state index in [0.717, 1.165) is 16.6 Å². The fraction of sp³-hybridized carbons (Fsp3) is 0.308. The minimum Gasteiger partial charge on any atom is -0.495 e. The average molecular weight is 324 g/mol. The Morgan fingerprint density at radius 2 is 2.33 bits per heavy atom. The van der Waals surface area contributed by atoms with Gasteiger partial charge >= 0.3 is 0 Å². The number of methoxy groups -OCH3 is 1. The molecular formula is C13H16N4O2S2. The molecule has 3 N–H and O–H groups in total. The van der Waals surface area contributed by atoms with Gasteiger partial charge in [-0.2, -0.15) is 4.37 Å². The number of carbonyl (C=O) groups excluding carboxylic acids is 1. The van der Waals surface area contributed by atoms with Crippen LogP contribution < -0.4 is 15.8 Å². The first kappa shape index (κ1) is 15.6. The molecule has 0 spiro atoms. The summed E-state index contributed by atoms with van der Waals surface area (Å²) in [6.45, 7) is 2.00. The first-order valence-electron chi connectivity index (χ1n) is 6.31. The lowest BCUT2D eigenvalue weighted by molar-refractivity contribution is -0.113. The Bertz CT molecular complexity index is 630. The number of thioether (sulfide) groups is 1. The molecule has 0 aliphatic rings. The second-order valence-electron chi connectivity index (χ2n) is 4.13. The van der Waals surface area contributed by atoms with Crippen LogP contribution in [-0.2, 0) is 11.2 Å². The predicted molar refractivity (Wildman–Crippen MR) is 86.0 cm³/mol. The van der Waals surface area contributed by atoms with Gasteiger partial charge in [0.1, 0.15) is 11.6 Å². The lowest BCUT2D eigenvalue weighted by atomic mass is 10.2. The average Bonchev–Trinajstić information content (AvgIpc) is 2.93. The second-order valence-corrected chi connectivity index (χ2v) is 6.10. The summed E-state index contributed by atoms with van der Waals surface area (Å²) in [5.74, 6) is 1.50. The SMILES string of the molecule is CCc1nsc(SCC(=O)Nc2cc(N)ccc2OC)n1. The molecule has 0 bridgehead atoms. The summed E-state index contributed by atoms with van der Waals surface area (Å²) in [5.41, 5.74) is 6.84. The molecule has 1 aromatic heterocycles. The number of nitrogens with one attached hydrogen (secondary N) is 1. The number of aromatic nitrogens is 2. The van der Waals surface area contributed by atoms with E-state index in [2.05, 4.69) is 14.7 Å². The normalized spacial score (nSPS) is 10.4. The van der Waals surface area contributed by atoms with Crippen LogP contribution in [-0.4, -0.2) is 28.1 Å². The van der Waals surface area contributed by atoms with E-state index in [0.29, 0.717) is 17.1 Å². The number of rotatable bonds is 6. The largest absolute Gasteiger partial charge is 0.495 e. The number of nitrogen functional groups attached to an aromatic ring is 1. The zero-order valence-electron chi connectivity index (χ0n) is 11.8. The molecule has 0 saturated carbocycles. The third kappa shape index (κ3) is 4.33. The van der Waals surface area contributed by atoms with Crippen molar-refractivity contribution < 1.29 is 9.53 Å². The van der Waals surface area contributed by atoms with Crippen molar-refractivity contribution >= 4 is 40.6 Å². The van der Waals surface area contributed by atoms with E-state index < -0.39 is 0 Å². The first-order valence-corrected chi connectivity index (χ1v) is 8.07. The molecule has 6 nitrogen and oxygen atoms in total. The van der Waals surface area contributed by atoms with Crippen LogP contribution in [0.15, 0.2) is 22.5 Å². The highest BCUT2D eigenvalue weighted by Crippen LogP contribution is 2.27. The number of nitrogens with zero attached hydrogens (tertiary/aromatic N) is 2. The van der Waals surface area contributed by atoms with Crippen LogP contribution in [0.25, 0.3) is 0 Å². The molecule has 0 unspecified atom stereocenters. The molecule has 0 aliphatic heterocycles. The predicted octanol–water partition coefficient (Wildman–Crippen LogP) is 2.42. The fourth-order valence-corrected chi connectivity index (χ4v) is 3.07. The summed E-state index contributed by atoms with van der Waals surface area (Å²) < 4.78 is 10.2. The summed E-state index contributed by atoms with van der Waals surface area (Å²) >= 11 is 2.67. The maximum absolute atomic E-state index is 12.0. The number of benzene rings is 1. The van der Waals surface area contributed by atoms with E-state index in [9.17, 15) is 4.79 Å². The van der Waals surface area contributed by atoms with Crippen molar-refractivity contribution in [2.24, 2.45) is 0 Å². The number of carbonyl (C=O) groups is 1. The van der Waals surface area contributed by atoms with Crippen molar-refractivity contribution in [3.63, 3.8) is 0 Å². The third-order valence-electron chi connectivity index (χ3n) is 2.59. The highest BCUT2D eigenvalue weighted by Gasteiger charge is 2.10. The summed E-state index contributed by atoms with van der Waals surface area (Å²) in [4.78, 5) is 16.3. The maximum atomic E-state index is 12.0. The van der Waals surface area contributed by atoms with Crippen molar-refractivity contribution in [3.05, 3.63) is 24.0 Å². The van der Waals surface area contributed by atoms with E-state index in [4.69, 9.17) is 10.5 Å². The standard InChI is InChI=1S/C13H16N4O2S2/c1-3-11-16-13(21-17-11)20-7-12(18)15-9-6-8(14)4-5-10(9)19-2/h4-6H,3,7,14H2,1-2H3,(H,15,18). The van der Waals surface area contributed by atoms with Gasteiger partial charge in [0.2, 0.25) is 5.91 Å². The smallest absolute Gasteiger partial charge is 0.234 e. The topological polar surface area (TPSA) is 90.1 Å². The van der Waals surface area contributed by atoms with Gasteiger partial charge in [0.25, 0.3) is 0 Å². The lowest BCUT2D eigenvalue weighted by Gasteiger charge is -2.10. The van der Waals surface area contributed by atoms with Gasteiger partial charge in [0.05, 0.1) is 18.6 Å². The van der Waals surface area contributed by atoms with Gasteiger partial charge in [-0.15, -0.1) is 0 Å². The number of aryl methyl sites for hydroxylation is 1. The van der Waals surface area contributed by atoms with Crippen molar-refractivity contribution in [1.29, 1.82) is 0 Å². The Balaban J connectivity index is 1.94. The first-order chi connectivity index (χ1) is 10.1. The zero-order chi connectivity index (χ0) is 15.2. The minimum atomic E-state index is -0.142. The van der Waals surface area contributed by atoms with E-state index in [1.54, 1.807) is 25.3 Å². The van der Waals surface area contributed by atoms with Gasteiger partial charge in [-0.1, -0.05) is 18.7 Å². The molecule has 1 aromatic carbocycles. The summed E-state index contributed by atoms with van der Waals surface area (Å²) in [7, 11) is 1.55. The van der Waals surface area contributed by atoms with Gasteiger partial charge in [-0.05, 0) is 29.7 Å². The molecule has 1 heterocycles. The molecule has 0 atom stereocenters. The Hall–Kier alpha value is -1.80. The van der Waals surface area contributed by atoms with Crippen LogP contribution in [0, 0.1) is 0 Å². The van der Waals surface area contributed by atoms with E-state index in [1.165, 1.54) is 23.3 Å². The van der Waals surface area contributed by atoms with Crippen LogP contribution >= 0.6 is 23.3 Å². The van der Waals surface area contributed by atoms with Crippen molar-refractivity contribution in [3.8, 4) is 5.75 Å². The van der Waals surface area contributed by atoms with Gasteiger partial charge in [-0.25, -0.2) is 4.98 Å². The summed E-state index contributed by atoms with van der Waals surface area (Å²) in [5, 5.41) is 2.78. The molecule has 112 valence electrons. The summed E-state index contributed by atoms with van der Waals surface area (Å²) in [6.07, 6.45) is 0.795. The number of ether oxygens (including phenoxy) is 1. The fourth-order valence-electron chi connectivity index (χ4n) is 1.58. The lowest BCUT2D eigenvalue weighted by Crippen LogP contribution is -2.14. The molecule has 0 radical (unpaired) electrons. The van der Waals surface area contributed by atoms with Crippen molar-refractivity contribution in [2.75, 3.05) is 23.9 Å². The molecular weight excluding hydrogens is 308 g/mol. The van der Waals surface area contributed by atoms with Crippen LogP contribution in [0.3, 0.4) is 0 Å². The van der Waals surface area contributed by atoms with Gasteiger partial charge in [-0.3, -0.25) is 4.79 Å². The Kier molecular flexibility index (Phi) is 5.40. The Labute approximate surface area is 131 Å². The molecule has 1 amide bonds. The highest BCUT2D eigenvalue weighted by atomic mass is 32.2. The number of hydrogen-bond acceptors (Lipinski definition) is 7. The number of hydrogen-bond donors (Lipinski definition) is 2. The number of amides is 1. The van der Waals surface area contributed by atoms with Gasteiger partial charge in [0.15, 0.2) is 4.34 Å². The van der Waals surface area contributed by atoms with Crippen LogP contribution in [0.5, 0.6) is 5.75 Å². The van der Waals surface area contributed by atoms with Crippen molar-refractivity contribution in [2.45, 2.75) is 17.7 Å². The second kappa shape index (κ2) is 7.28. The minimum absolute atomic E-state index is 0.142. The number of anilines is 2. The molecule has 21 heavy (non-hydrogen) atoms. The van der Waals surface area contributed by atoms with Crippen LogP contribution in [0.4, 0.5) is 11.4 Å². The molecule has 0 saturated heterocycles. The molecule has 0 aliphatic carbocycles. The van der Waals surface area contributed by atoms with E-state index in [-0.39, 0.29) is 11.7 Å². The molecule has 2 rings (SSSR count). The molecule has 0 fully saturated rings. The Morgan fingerprint density at radius 3 is 3.00 bits per heavy atom. The van der Waals surface area contributed by atoms with Gasteiger partial charge in [0, 0.05) is 12.1 Å². The maximum Gasteiger partial charge on any atom is 0.234 e. The quantitative estimate of drug-likeness (QED) is 0.626. The molecule has 8 heteroatoms.